The molecule has 3 N–H and O–H groups in total. The maximum absolute atomic E-state index is 13.7. The summed E-state index contributed by atoms with van der Waals surface area (Å²) in [5.41, 5.74) is 2.11. The van der Waals surface area contributed by atoms with Crippen LogP contribution in [0.15, 0.2) is 42.7 Å². The van der Waals surface area contributed by atoms with Crippen molar-refractivity contribution in [2.24, 2.45) is 0 Å². The number of hydrogen-bond acceptors (Lipinski definition) is 4. The highest BCUT2D eigenvalue weighted by Gasteiger charge is 2.21. The molecular formula is C21H15F2N3O4. The first-order chi connectivity index (χ1) is 14.4. The molecule has 4 aromatic rings. The summed E-state index contributed by atoms with van der Waals surface area (Å²) in [6, 6.07) is 6.76. The molecule has 0 radical (unpaired) electrons. The largest absolute Gasteiger partial charge is 0.506 e. The standard InChI is InChI=1S/C21H15F2N3O4/c22-13-3-1-11(5-14(13)23)9-26-15-4-2-12(6-18(29)30)21(25-10-27)20(15)19-16(26)7-24-8-17(19)28/h1-5,7-8,10,28H,6,9H2,(H,25,27)(H,29,30). The molecule has 0 spiro atoms. The minimum absolute atomic E-state index is 0.126. The first kappa shape index (κ1) is 19.3. The first-order valence-electron chi connectivity index (χ1n) is 8.87. The summed E-state index contributed by atoms with van der Waals surface area (Å²) in [5, 5.41) is 23.0. The van der Waals surface area contributed by atoms with E-state index in [1.54, 1.807) is 16.7 Å². The number of nitrogens with one attached hydrogen (secondary N) is 1. The third-order valence-electron chi connectivity index (χ3n) is 4.88. The summed E-state index contributed by atoms with van der Waals surface area (Å²) in [6.45, 7) is 0.126. The highest BCUT2D eigenvalue weighted by Crippen LogP contribution is 2.40. The fourth-order valence-electron chi connectivity index (χ4n) is 3.67. The number of carbonyl (C=O) groups excluding carboxylic acids is 1. The second-order valence-electron chi connectivity index (χ2n) is 6.71. The number of anilines is 1. The SMILES string of the molecule is O=CNc1c(CC(=O)O)ccc2c1c1c(O)cncc1n2Cc1ccc(F)c(F)c1. The molecule has 2 aromatic carbocycles. The van der Waals surface area contributed by atoms with Crippen LogP contribution >= 0.6 is 0 Å². The number of hydrogen-bond donors (Lipinski definition) is 3. The molecule has 0 unspecified atom stereocenters. The van der Waals surface area contributed by atoms with Crippen molar-refractivity contribution in [1.82, 2.24) is 9.55 Å². The van der Waals surface area contributed by atoms with Crippen LogP contribution in [-0.4, -0.2) is 32.1 Å². The van der Waals surface area contributed by atoms with Crippen molar-refractivity contribution in [3.63, 3.8) is 0 Å². The lowest BCUT2D eigenvalue weighted by molar-refractivity contribution is -0.136. The molecule has 0 aliphatic carbocycles. The van der Waals surface area contributed by atoms with Gasteiger partial charge >= 0.3 is 5.97 Å². The van der Waals surface area contributed by atoms with Crippen LogP contribution in [0.5, 0.6) is 5.75 Å². The highest BCUT2D eigenvalue weighted by molar-refractivity contribution is 6.18. The minimum atomic E-state index is -1.08. The van der Waals surface area contributed by atoms with Crippen LogP contribution in [0.2, 0.25) is 0 Å². The molecule has 0 aliphatic rings. The molecular weight excluding hydrogens is 396 g/mol. The van der Waals surface area contributed by atoms with Crippen LogP contribution in [0.25, 0.3) is 21.8 Å². The number of nitrogens with zero attached hydrogens (tertiary/aromatic N) is 2. The van der Waals surface area contributed by atoms with Gasteiger partial charge in [-0.25, -0.2) is 8.78 Å². The van der Waals surface area contributed by atoms with Crippen LogP contribution in [0, 0.1) is 11.6 Å². The van der Waals surface area contributed by atoms with E-state index in [-0.39, 0.29) is 24.4 Å². The van der Waals surface area contributed by atoms with Gasteiger partial charge in [0, 0.05) is 11.9 Å². The van der Waals surface area contributed by atoms with Crippen molar-refractivity contribution >= 4 is 39.9 Å². The predicted octanol–water partition coefficient (Wildman–Crippen LogP) is 3.42. The zero-order chi connectivity index (χ0) is 21.4. The molecule has 152 valence electrons. The lowest BCUT2D eigenvalue weighted by atomic mass is 10.0. The Bertz CT molecular complexity index is 1320. The number of aliphatic carboxylic acids is 1. The molecule has 4 rings (SSSR count). The van der Waals surface area contributed by atoms with E-state index in [1.807, 2.05) is 0 Å². The van der Waals surface area contributed by atoms with Crippen LogP contribution in [0.3, 0.4) is 0 Å². The molecule has 2 heterocycles. The fraction of sp³-hybridized carbons (Fsp3) is 0.0952. The van der Waals surface area contributed by atoms with Crippen LogP contribution in [-0.2, 0) is 22.6 Å². The third-order valence-corrected chi connectivity index (χ3v) is 4.88. The summed E-state index contributed by atoms with van der Waals surface area (Å²) in [6.07, 6.45) is 2.82. The Kier molecular flexibility index (Phi) is 4.78. The molecule has 0 saturated carbocycles. The van der Waals surface area contributed by atoms with E-state index in [2.05, 4.69) is 10.3 Å². The molecule has 0 bridgehead atoms. The van der Waals surface area contributed by atoms with Gasteiger partial charge in [-0.05, 0) is 29.3 Å². The Labute approximate surface area is 168 Å². The van der Waals surface area contributed by atoms with Gasteiger partial charge in [0.1, 0.15) is 5.75 Å². The summed E-state index contributed by atoms with van der Waals surface area (Å²) in [4.78, 5) is 26.5. The fourth-order valence-corrected chi connectivity index (χ4v) is 3.67. The number of carboxylic acid groups (broad SMARTS) is 1. The van der Waals surface area contributed by atoms with Crippen molar-refractivity contribution in [2.45, 2.75) is 13.0 Å². The number of aromatic nitrogens is 2. The van der Waals surface area contributed by atoms with E-state index < -0.39 is 17.6 Å². The van der Waals surface area contributed by atoms with Gasteiger partial charge < -0.3 is 20.1 Å². The van der Waals surface area contributed by atoms with Gasteiger partial charge in [0.25, 0.3) is 0 Å². The van der Waals surface area contributed by atoms with Gasteiger partial charge in [0.2, 0.25) is 6.41 Å². The normalized spacial score (nSPS) is 11.1. The van der Waals surface area contributed by atoms with Gasteiger partial charge in [0.05, 0.1) is 40.9 Å². The van der Waals surface area contributed by atoms with Crippen LogP contribution in [0.4, 0.5) is 14.5 Å². The maximum atomic E-state index is 13.7. The Morgan fingerprint density at radius 2 is 1.90 bits per heavy atom. The van der Waals surface area contributed by atoms with Gasteiger partial charge in [-0.1, -0.05) is 12.1 Å². The molecule has 0 saturated heterocycles. The average Bonchev–Trinajstić information content (AvgIpc) is 3.01. The summed E-state index contributed by atoms with van der Waals surface area (Å²) >= 11 is 0. The number of amides is 1. The van der Waals surface area contributed by atoms with E-state index in [1.165, 1.54) is 18.5 Å². The summed E-state index contributed by atoms with van der Waals surface area (Å²) in [5.74, 6) is -3.19. The molecule has 0 aliphatic heterocycles. The van der Waals surface area contributed by atoms with Crippen molar-refractivity contribution < 1.29 is 28.6 Å². The quantitative estimate of drug-likeness (QED) is 0.422. The number of rotatable bonds is 6. The van der Waals surface area contributed by atoms with Gasteiger partial charge in [-0.15, -0.1) is 0 Å². The topological polar surface area (TPSA) is 104 Å². The summed E-state index contributed by atoms with van der Waals surface area (Å²) in [7, 11) is 0. The lowest BCUT2D eigenvalue weighted by Gasteiger charge is -2.11. The van der Waals surface area contributed by atoms with Crippen molar-refractivity contribution in [3.05, 3.63) is 65.5 Å². The second kappa shape index (κ2) is 7.43. The van der Waals surface area contributed by atoms with Crippen molar-refractivity contribution in [3.8, 4) is 5.75 Å². The maximum Gasteiger partial charge on any atom is 0.307 e. The van der Waals surface area contributed by atoms with Gasteiger partial charge in [0.15, 0.2) is 11.6 Å². The average molecular weight is 411 g/mol. The van der Waals surface area contributed by atoms with E-state index in [0.29, 0.717) is 39.3 Å². The number of carbonyl (C=O) groups is 2. The molecule has 9 heteroatoms. The Balaban J connectivity index is 2.03. The van der Waals surface area contributed by atoms with Crippen LogP contribution < -0.4 is 5.32 Å². The number of fused-ring (bicyclic) bond motifs is 3. The predicted molar refractivity (Wildman–Crippen MR) is 105 cm³/mol. The molecule has 30 heavy (non-hydrogen) atoms. The monoisotopic (exact) mass is 411 g/mol. The second-order valence-corrected chi connectivity index (χ2v) is 6.71. The Morgan fingerprint density at radius 3 is 2.60 bits per heavy atom. The smallest absolute Gasteiger partial charge is 0.307 e. The van der Waals surface area contributed by atoms with E-state index in [4.69, 9.17) is 0 Å². The Hall–Kier alpha value is -4.01. The Morgan fingerprint density at radius 1 is 1.10 bits per heavy atom. The molecule has 1 amide bonds. The highest BCUT2D eigenvalue weighted by atomic mass is 19.2. The van der Waals surface area contributed by atoms with Gasteiger partial charge in [-0.3, -0.25) is 14.6 Å². The van der Waals surface area contributed by atoms with Crippen molar-refractivity contribution in [2.75, 3.05) is 5.32 Å². The molecule has 7 nitrogen and oxygen atoms in total. The van der Waals surface area contributed by atoms with E-state index >= 15 is 0 Å². The number of carboxylic acids is 1. The molecule has 0 fully saturated rings. The van der Waals surface area contributed by atoms with Crippen LogP contribution in [0.1, 0.15) is 11.1 Å². The van der Waals surface area contributed by atoms with E-state index in [9.17, 15) is 28.6 Å². The minimum Gasteiger partial charge on any atom is -0.506 e. The zero-order valence-corrected chi connectivity index (χ0v) is 15.4. The van der Waals surface area contributed by atoms with E-state index in [0.717, 1.165) is 12.1 Å². The van der Waals surface area contributed by atoms with Crippen molar-refractivity contribution in [1.29, 1.82) is 0 Å². The number of halogens is 2. The number of benzene rings is 2. The summed E-state index contributed by atoms with van der Waals surface area (Å²) < 4.78 is 28.7. The zero-order valence-electron chi connectivity index (χ0n) is 15.4. The molecule has 2 aromatic heterocycles. The number of pyridine rings is 1. The molecule has 0 atom stereocenters. The third kappa shape index (κ3) is 3.20. The first-order valence-corrected chi connectivity index (χ1v) is 8.87. The van der Waals surface area contributed by atoms with Gasteiger partial charge in [-0.2, -0.15) is 0 Å². The lowest BCUT2D eigenvalue weighted by Crippen LogP contribution is -2.06. The number of aromatic hydroxyl groups is 1.